The number of nitrogens with one attached hydrogen (secondary N) is 1. The van der Waals surface area contributed by atoms with Crippen molar-refractivity contribution in [1.82, 2.24) is 4.98 Å². The quantitative estimate of drug-likeness (QED) is 0.557. The number of pyridine rings is 1. The van der Waals surface area contributed by atoms with Crippen LogP contribution >= 0.6 is 15.9 Å². The predicted molar refractivity (Wildman–Crippen MR) is 121 cm³/mol. The van der Waals surface area contributed by atoms with Crippen LogP contribution in [0.15, 0.2) is 50.7 Å². The zero-order valence-corrected chi connectivity index (χ0v) is 18.9. The number of ether oxygens (including phenoxy) is 4. The first-order valence-electron chi connectivity index (χ1n) is 9.53. The molecule has 0 spiro atoms. The summed E-state index contributed by atoms with van der Waals surface area (Å²) in [5, 5.41) is 0.921. The van der Waals surface area contributed by atoms with Gasteiger partial charge in [0.15, 0.2) is 23.0 Å². The molecular formula is C23H21BrN2O5. The third-order valence-corrected chi connectivity index (χ3v) is 5.76. The second-order valence-corrected chi connectivity index (χ2v) is 7.66. The van der Waals surface area contributed by atoms with Gasteiger partial charge >= 0.3 is 0 Å². The van der Waals surface area contributed by atoms with E-state index in [1.165, 1.54) is 0 Å². The van der Waals surface area contributed by atoms with Crippen molar-refractivity contribution in [2.45, 2.75) is 6.61 Å². The van der Waals surface area contributed by atoms with Gasteiger partial charge < -0.3 is 23.9 Å². The van der Waals surface area contributed by atoms with Crippen molar-refractivity contribution in [3.8, 4) is 34.1 Å². The van der Waals surface area contributed by atoms with Crippen LogP contribution in [0.1, 0.15) is 5.56 Å². The van der Waals surface area contributed by atoms with Gasteiger partial charge in [0.2, 0.25) is 5.56 Å². The number of methoxy groups -OCH3 is 3. The molecule has 3 aromatic rings. The number of aromatic nitrogens is 1. The van der Waals surface area contributed by atoms with E-state index in [0.717, 1.165) is 26.4 Å². The molecule has 0 saturated heterocycles. The summed E-state index contributed by atoms with van der Waals surface area (Å²) in [7, 11) is 4.77. The zero-order valence-electron chi connectivity index (χ0n) is 17.3. The lowest BCUT2D eigenvalue weighted by atomic mass is 10.0. The Hall–Kier alpha value is -3.26. The summed E-state index contributed by atoms with van der Waals surface area (Å²) in [5.74, 6) is 2.41. The van der Waals surface area contributed by atoms with Gasteiger partial charge in [-0.05, 0) is 35.4 Å². The molecule has 0 saturated carbocycles. The fourth-order valence-electron chi connectivity index (χ4n) is 3.47. The third-order valence-electron chi connectivity index (χ3n) is 5.02. The molecule has 2 heterocycles. The Bertz CT molecular complexity index is 1320. The van der Waals surface area contributed by atoms with Crippen molar-refractivity contribution in [2.24, 2.45) is 4.99 Å². The van der Waals surface area contributed by atoms with E-state index in [1.54, 1.807) is 27.4 Å². The Morgan fingerprint density at radius 2 is 1.68 bits per heavy atom. The average Bonchev–Trinajstić information content (AvgIpc) is 3.25. The lowest BCUT2D eigenvalue weighted by molar-refractivity contribution is 0.282. The second-order valence-electron chi connectivity index (χ2n) is 6.81. The van der Waals surface area contributed by atoms with Crippen LogP contribution in [0.25, 0.3) is 17.2 Å². The largest absolute Gasteiger partial charge is 0.493 e. The van der Waals surface area contributed by atoms with Gasteiger partial charge in [0, 0.05) is 21.3 Å². The molecule has 7 nitrogen and oxygen atoms in total. The molecule has 0 amide bonds. The van der Waals surface area contributed by atoms with Crippen LogP contribution in [0.3, 0.4) is 0 Å². The molecule has 0 radical (unpaired) electrons. The van der Waals surface area contributed by atoms with Crippen molar-refractivity contribution >= 4 is 22.0 Å². The van der Waals surface area contributed by atoms with Crippen LogP contribution in [-0.2, 0) is 6.61 Å². The fraction of sp³-hybridized carbons (Fsp3) is 0.217. The van der Waals surface area contributed by atoms with Crippen molar-refractivity contribution in [1.29, 1.82) is 0 Å². The molecule has 0 atom stereocenters. The van der Waals surface area contributed by atoms with Crippen LogP contribution in [0.2, 0.25) is 0 Å². The summed E-state index contributed by atoms with van der Waals surface area (Å²) in [4.78, 5) is 19.1. The molecular weight excluding hydrogens is 464 g/mol. The van der Waals surface area contributed by atoms with Gasteiger partial charge in [-0.1, -0.05) is 28.1 Å². The highest BCUT2D eigenvalue weighted by molar-refractivity contribution is 9.10. The van der Waals surface area contributed by atoms with Crippen molar-refractivity contribution in [3.05, 3.63) is 67.5 Å². The normalized spacial score (nSPS) is 11.9. The van der Waals surface area contributed by atoms with Crippen LogP contribution in [0.4, 0.5) is 0 Å². The third kappa shape index (κ3) is 4.16. The highest BCUT2D eigenvalue weighted by Crippen LogP contribution is 2.36. The lowest BCUT2D eigenvalue weighted by Gasteiger charge is -2.15. The summed E-state index contributed by atoms with van der Waals surface area (Å²) in [6.45, 7) is 0.852. The smallest absolute Gasteiger partial charge is 0.250 e. The van der Waals surface area contributed by atoms with Crippen molar-refractivity contribution in [2.75, 3.05) is 27.9 Å². The summed E-state index contributed by atoms with van der Waals surface area (Å²) in [5.41, 5.74) is 2.98. The number of H-pyrrole nitrogens is 1. The van der Waals surface area contributed by atoms with Crippen molar-refractivity contribution < 1.29 is 18.9 Å². The van der Waals surface area contributed by atoms with E-state index >= 15 is 0 Å². The number of halogens is 1. The van der Waals surface area contributed by atoms with E-state index in [-0.39, 0.29) is 5.56 Å². The van der Waals surface area contributed by atoms with E-state index in [1.807, 2.05) is 36.4 Å². The van der Waals surface area contributed by atoms with Gasteiger partial charge in [0.1, 0.15) is 12.1 Å². The number of fused-ring (bicyclic) bond motifs is 1. The first-order valence-corrected chi connectivity index (χ1v) is 10.3. The van der Waals surface area contributed by atoms with Crippen molar-refractivity contribution in [3.63, 3.8) is 0 Å². The maximum absolute atomic E-state index is 12.0. The molecule has 0 unspecified atom stereocenters. The summed E-state index contributed by atoms with van der Waals surface area (Å²) in [6, 6.07) is 10.9. The zero-order chi connectivity index (χ0) is 22.0. The number of benzene rings is 2. The molecule has 1 aliphatic rings. The van der Waals surface area contributed by atoms with Gasteiger partial charge in [-0.2, -0.15) is 0 Å². The van der Waals surface area contributed by atoms with Crippen LogP contribution in [-0.4, -0.2) is 32.9 Å². The van der Waals surface area contributed by atoms with Gasteiger partial charge in [0.05, 0.1) is 27.9 Å². The van der Waals surface area contributed by atoms with Gasteiger partial charge in [-0.25, -0.2) is 0 Å². The molecule has 31 heavy (non-hydrogen) atoms. The lowest BCUT2D eigenvalue weighted by Crippen LogP contribution is -2.33. The first-order chi connectivity index (χ1) is 15.0. The molecule has 0 aliphatic carbocycles. The van der Waals surface area contributed by atoms with E-state index in [0.29, 0.717) is 41.6 Å². The molecule has 2 aromatic carbocycles. The molecule has 1 N–H and O–H groups in total. The second kappa shape index (κ2) is 8.85. The number of rotatable bonds is 7. The predicted octanol–water partition coefficient (Wildman–Crippen LogP) is 2.82. The molecule has 0 fully saturated rings. The number of aromatic amines is 1. The van der Waals surface area contributed by atoms with Crippen LogP contribution in [0, 0.1) is 0 Å². The Labute approximate surface area is 187 Å². The van der Waals surface area contributed by atoms with Gasteiger partial charge in [-0.15, -0.1) is 0 Å². The summed E-state index contributed by atoms with van der Waals surface area (Å²) in [6.07, 6.45) is 1.99. The van der Waals surface area contributed by atoms with Crippen LogP contribution < -0.4 is 35.2 Å². The minimum absolute atomic E-state index is 0.189. The molecule has 1 aromatic heterocycles. The Morgan fingerprint density at radius 1 is 0.968 bits per heavy atom. The number of hydrogen-bond acceptors (Lipinski definition) is 6. The molecule has 160 valence electrons. The Balaban J connectivity index is 1.64. The van der Waals surface area contributed by atoms with E-state index < -0.39 is 0 Å². The SMILES string of the molecule is COc1cc(Br)c(COc2ccc(-c3cc(=O)[nH]c4c3=CCN=4)cc2OC)cc1OC. The fourth-order valence-corrected chi connectivity index (χ4v) is 3.91. The Morgan fingerprint density at radius 3 is 2.42 bits per heavy atom. The first kappa shape index (κ1) is 21.0. The van der Waals surface area contributed by atoms with E-state index in [4.69, 9.17) is 18.9 Å². The molecule has 4 rings (SSSR count). The minimum atomic E-state index is -0.189. The highest BCUT2D eigenvalue weighted by atomic mass is 79.9. The minimum Gasteiger partial charge on any atom is -0.493 e. The summed E-state index contributed by atoms with van der Waals surface area (Å²) >= 11 is 3.55. The topological polar surface area (TPSA) is 82.1 Å². The summed E-state index contributed by atoms with van der Waals surface area (Å²) < 4.78 is 23.1. The van der Waals surface area contributed by atoms with E-state index in [9.17, 15) is 4.79 Å². The van der Waals surface area contributed by atoms with Gasteiger partial charge in [0.25, 0.3) is 0 Å². The highest BCUT2D eigenvalue weighted by Gasteiger charge is 2.14. The number of nitrogens with zero attached hydrogens (tertiary/aromatic N) is 1. The molecule has 8 heteroatoms. The monoisotopic (exact) mass is 484 g/mol. The van der Waals surface area contributed by atoms with E-state index in [2.05, 4.69) is 25.9 Å². The van der Waals surface area contributed by atoms with Gasteiger partial charge in [-0.3, -0.25) is 9.79 Å². The standard InChI is InChI=1S/C23H21BrN2O5/c1-28-19-8-13(16-10-22(27)26-23-15(16)6-7-25-23)4-5-18(19)31-12-14-9-20(29-2)21(30-3)11-17(14)24/h4-6,8-11H,7,12H2,1-3H3,(H,25,26,27). The Kier molecular flexibility index (Phi) is 5.99. The average molecular weight is 485 g/mol. The maximum Gasteiger partial charge on any atom is 0.250 e. The molecule has 1 aliphatic heterocycles. The van der Waals surface area contributed by atoms with Crippen LogP contribution in [0.5, 0.6) is 23.0 Å². The molecule has 0 bridgehead atoms. The maximum atomic E-state index is 12.0. The number of hydrogen-bond donors (Lipinski definition) is 1.